The summed E-state index contributed by atoms with van der Waals surface area (Å²) in [5, 5.41) is 13.2. The number of aromatic nitrogens is 1. The van der Waals surface area contributed by atoms with Crippen LogP contribution >= 0.6 is 0 Å². The van der Waals surface area contributed by atoms with Crippen molar-refractivity contribution in [2.45, 2.75) is 22.6 Å². The van der Waals surface area contributed by atoms with Gasteiger partial charge in [-0.1, -0.05) is 0 Å². The number of ether oxygens (including phenoxy) is 1. The van der Waals surface area contributed by atoms with E-state index in [1.165, 1.54) is 11.3 Å². The highest BCUT2D eigenvalue weighted by Gasteiger charge is 2.22. The summed E-state index contributed by atoms with van der Waals surface area (Å²) in [6.45, 7) is 1.93. The molecule has 1 aromatic heterocycles. The Kier molecular flexibility index (Phi) is 5.14. The minimum atomic E-state index is -3.62. The van der Waals surface area contributed by atoms with E-state index in [4.69, 9.17) is 9.84 Å². The quantitative estimate of drug-likeness (QED) is 0.685. The fourth-order valence-electron chi connectivity index (χ4n) is 3.88. The van der Waals surface area contributed by atoms with E-state index in [9.17, 15) is 8.42 Å². The van der Waals surface area contributed by atoms with Gasteiger partial charge < -0.3 is 19.7 Å². The van der Waals surface area contributed by atoms with Gasteiger partial charge in [-0.3, -0.25) is 0 Å². The smallest absolute Gasteiger partial charge is 0.206 e. The van der Waals surface area contributed by atoms with Crippen molar-refractivity contribution in [3.05, 3.63) is 53.7 Å². The van der Waals surface area contributed by atoms with E-state index in [1.807, 2.05) is 19.2 Å². The Labute approximate surface area is 164 Å². The summed E-state index contributed by atoms with van der Waals surface area (Å²) in [6, 6.07) is 11.7. The first-order valence-corrected chi connectivity index (χ1v) is 10.9. The Hall–Kier alpha value is -2.35. The molecule has 148 valence electrons. The van der Waals surface area contributed by atoms with E-state index < -0.39 is 9.84 Å². The lowest BCUT2D eigenvalue weighted by molar-refractivity contribution is 0.201. The number of sulfone groups is 1. The third kappa shape index (κ3) is 3.30. The summed E-state index contributed by atoms with van der Waals surface area (Å²) in [7, 11) is -1.58. The summed E-state index contributed by atoms with van der Waals surface area (Å²) >= 11 is 0. The summed E-state index contributed by atoms with van der Waals surface area (Å²) in [5.41, 5.74) is 3.59. The van der Waals surface area contributed by atoms with Crippen LogP contribution in [0.25, 0.3) is 10.9 Å². The number of nitrogens with one attached hydrogen (secondary N) is 1. The Morgan fingerprint density at radius 3 is 2.54 bits per heavy atom. The van der Waals surface area contributed by atoms with Crippen molar-refractivity contribution in [2.24, 2.45) is 7.05 Å². The van der Waals surface area contributed by atoms with Crippen LogP contribution in [0.15, 0.2) is 52.3 Å². The van der Waals surface area contributed by atoms with Crippen LogP contribution in [-0.2, 0) is 29.7 Å². The van der Waals surface area contributed by atoms with Crippen molar-refractivity contribution >= 4 is 20.7 Å². The molecule has 0 bridgehead atoms. The number of hydrogen-bond donors (Lipinski definition) is 2. The SMILES string of the molecule is Cn1c2c(c3cc(S(=O)(=O)c4ccc(OCCO)cc4)ccc31)CCNCC2. The highest BCUT2D eigenvalue weighted by molar-refractivity contribution is 7.91. The monoisotopic (exact) mass is 400 g/mol. The third-order valence-corrected chi connectivity index (χ3v) is 7.07. The molecule has 0 spiro atoms. The minimum Gasteiger partial charge on any atom is -0.491 e. The lowest BCUT2D eigenvalue weighted by Gasteiger charge is -2.08. The van der Waals surface area contributed by atoms with Gasteiger partial charge in [0, 0.05) is 36.6 Å². The average Bonchev–Trinajstić information content (AvgIpc) is 2.87. The second-order valence-corrected chi connectivity index (χ2v) is 8.91. The van der Waals surface area contributed by atoms with Crippen molar-refractivity contribution < 1.29 is 18.3 Å². The van der Waals surface area contributed by atoms with Gasteiger partial charge in [0.15, 0.2) is 0 Å². The predicted molar refractivity (Wildman–Crippen MR) is 108 cm³/mol. The zero-order valence-corrected chi connectivity index (χ0v) is 16.6. The molecule has 0 saturated heterocycles. The van der Waals surface area contributed by atoms with Gasteiger partial charge in [0.05, 0.1) is 16.4 Å². The average molecular weight is 401 g/mol. The van der Waals surface area contributed by atoms with Gasteiger partial charge in [-0.05, 0) is 61.0 Å². The van der Waals surface area contributed by atoms with Crippen LogP contribution in [0.5, 0.6) is 5.75 Å². The molecule has 7 heteroatoms. The molecule has 0 aliphatic carbocycles. The maximum absolute atomic E-state index is 13.1. The van der Waals surface area contributed by atoms with Gasteiger partial charge in [-0.15, -0.1) is 0 Å². The van der Waals surface area contributed by atoms with Crippen molar-refractivity contribution in [1.29, 1.82) is 0 Å². The topological polar surface area (TPSA) is 80.6 Å². The molecule has 0 unspecified atom stereocenters. The number of aliphatic hydroxyl groups is 1. The van der Waals surface area contributed by atoms with Crippen molar-refractivity contribution in [3.63, 3.8) is 0 Å². The van der Waals surface area contributed by atoms with E-state index in [1.54, 1.807) is 30.3 Å². The molecule has 0 radical (unpaired) electrons. The van der Waals surface area contributed by atoms with Crippen molar-refractivity contribution in [3.8, 4) is 5.75 Å². The molecule has 4 rings (SSSR count). The molecule has 6 nitrogen and oxygen atoms in total. The highest BCUT2D eigenvalue weighted by Crippen LogP contribution is 2.31. The maximum Gasteiger partial charge on any atom is 0.206 e. The van der Waals surface area contributed by atoms with E-state index in [0.717, 1.165) is 36.8 Å². The van der Waals surface area contributed by atoms with Crippen LogP contribution in [0.2, 0.25) is 0 Å². The van der Waals surface area contributed by atoms with Gasteiger partial charge >= 0.3 is 0 Å². The van der Waals surface area contributed by atoms with Gasteiger partial charge in [0.2, 0.25) is 9.84 Å². The molecule has 2 aromatic carbocycles. The van der Waals surface area contributed by atoms with Crippen molar-refractivity contribution in [1.82, 2.24) is 9.88 Å². The molecule has 0 atom stereocenters. The van der Waals surface area contributed by atoms with Gasteiger partial charge in [0.25, 0.3) is 0 Å². The summed E-state index contributed by atoms with van der Waals surface area (Å²) in [4.78, 5) is 0.529. The molecular formula is C21H24N2O4S. The van der Waals surface area contributed by atoms with Crippen LogP contribution in [-0.4, -0.2) is 44.4 Å². The Morgan fingerprint density at radius 1 is 1.07 bits per heavy atom. The third-order valence-electron chi connectivity index (χ3n) is 5.30. The maximum atomic E-state index is 13.1. The number of rotatable bonds is 5. The normalized spacial score (nSPS) is 14.6. The Balaban J connectivity index is 1.74. The molecule has 1 aliphatic rings. The fraction of sp³-hybridized carbons (Fsp3) is 0.333. The number of aliphatic hydroxyl groups excluding tert-OH is 1. The second-order valence-electron chi connectivity index (χ2n) is 6.96. The standard InChI is InChI=1S/C21H24N2O4S/c1-23-20-7-6-17(14-19(20)18-8-10-22-11-9-21(18)23)28(25,26)16-4-2-15(3-5-16)27-13-12-24/h2-7,14,22,24H,8-13H2,1H3. The fourth-order valence-corrected chi connectivity index (χ4v) is 5.16. The molecule has 28 heavy (non-hydrogen) atoms. The van der Waals surface area contributed by atoms with Crippen LogP contribution in [0.1, 0.15) is 11.3 Å². The first kappa shape index (κ1) is 19.0. The zero-order chi connectivity index (χ0) is 19.7. The molecule has 2 N–H and O–H groups in total. The molecule has 1 aliphatic heterocycles. The van der Waals surface area contributed by atoms with Crippen LogP contribution in [0, 0.1) is 0 Å². The highest BCUT2D eigenvalue weighted by atomic mass is 32.2. The summed E-state index contributed by atoms with van der Waals surface area (Å²) in [5.74, 6) is 0.532. The Bertz CT molecular complexity index is 1100. The lowest BCUT2D eigenvalue weighted by atomic mass is 10.1. The number of hydrogen-bond acceptors (Lipinski definition) is 5. The predicted octanol–water partition coefficient (Wildman–Crippen LogP) is 2.07. The van der Waals surface area contributed by atoms with Crippen molar-refractivity contribution in [2.75, 3.05) is 26.3 Å². The van der Waals surface area contributed by atoms with E-state index >= 15 is 0 Å². The van der Waals surface area contributed by atoms with E-state index in [2.05, 4.69) is 9.88 Å². The molecule has 0 fully saturated rings. The van der Waals surface area contributed by atoms with Gasteiger partial charge in [0.1, 0.15) is 12.4 Å². The minimum absolute atomic E-state index is 0.0863. The molecule has 3 aromatic rings. The zero-order valence-electron chi connectivity index (χ0n) is 15.8. The second kappa shape index (κ2) is 7.58. The lowest BCUT2D eigenvalue weighted by Crippen LogP contribution is -2.17. The molecular weight excluding hydrogens is 376 g/mol. The van der Waals surface area contributed by atoms with Crippen LogP contribution in [0.4, 0.5) is 0 Å². The van der Waals surface area contributed by atoms with Gasteiger partial charge in [-0.2, -0.15) is 0 Å². The largest absolute Gasteiger partial charge is 0.491 e. The van der Waals surface area contributed by atoms with Crippen LogP contribution < -0.4 is 10.1 Å². The molecule has 2 heterocycles. The Morgan fingerprint density at radius 2 is 1.79 bits per heavy atom. The van der Waals surface area contributed by atoms with Crippen LogP contribution in [0.3, 0.4) is 0 Å². The number of nitrogens with zero attached hydrogens (tertiary/aromatic N) is 1. The number of benzene rings is 2. The first-order chi connectivity index (χ1) is 13.5. The first-order valence-electron chi connectivity index (χ1n) is 9.42. The summed E-state index contributed by atoms with van der Waals surface area (Å²) < 4.78 is 33.8. The summed E-state index contributed by atoms with van der Waals surface area (Å²) in [6.07, 6.45) is 1.84. The number of aryl methyl sites for hydroxylation is 1. The number of fused-ring (bicyclic) bond motifs is 3. The van der Waals surface area contributed by atoms with Gasteiger partial charge in [-0.25, -0.2) is 8.42 Å². The molecule has 0 amide bonds. The van der Waals surface area contributed by atoms with E-state index in [0.29, 0.717) is 10.6 Å². The molecule has 0 saturated carbocycles. The van der Waals surface area contributed by atoms with E-state index in [-0.39, 0.29) is 18.1 Å².